The average molecular weight is 1160 g/mol. The Morgan fingerprint density at radius 3 is 2.11 bits per heavy atom. The van der Waals surface area contributed by atoms with Crippen LogP contribution in [0.4, 0.5) is 14.5 Å². The van der Waals surface area contributed by atoms with Crippen LogP contribution in [0, 0.1) is 23.0 Å². The molecule has 0 bridgehead atoms. The van der Waals surface area contributed by atoms with Gasteiger partial charge in [-0.1, -0.05) is 66.7 Å². The number of benzene rings is 5. The van der Waals surface area contributed by atoms with E-state index in [2.05, 4.69) is 85.2 Å². The van der Waals surface area contributed by atoms with Crippen LogP contribution in [0.15, 0.2) is 170 Å². The van der Waals surface area contributed by atoms with Crippen LogP contribution in [-0.4, -0.2) is 128 Å². The van der Waals surface area contributed by atoms with Gasteiger partial charge in [-0.3, -0.25) is 9.79 Å². The largest absolute Gasteiger partial charge is 0.485 e. The fourth-order valence-electron chi connectivity index (χ4n) is 11.2. The van der Waals surface area contributed by atoms with Crippen molar-refractivity contribution in [2.45, 2.75) is 87.4 Å². The summed E-state index contributed by atoms with van der Waals surface area (Å²) in [5, 5.41) is 23.6. The van der Waals surface area contributed by atoms with Gasteiger partial charge in [-0.2, -0.15) is 5.26 Å². The van der Waals surface area contributed by atoms with Crippen LogP contribution in [0.2, 0.25) is 0 Å². The zero-order valence-electron chi connectivity index (χ0n) is 47.8. The number of carbonyl (C=O) groups is 1. The number of aromatic nitrogens is 6. The highest BCUT2D eigenvalue weighted by Crippen LogP contribution is 2.37. The molecule has 2 saturated heterocycles. The monoisotopic (exact) mass is 1150 g/mol. The maximum atomic E-state index is 13.5. The predicted molar refractivity (Wildman–Crippen MR) is 324 cm³/mol. The van der Waals surface area contributed by atoms with Crippen LogP contribution in [0.1, 0.15) is 89.8 Å². The number of aliphatic hydroxyl groups excluding tert-OH is 1. The van der Waals surface area contributed by atoms with Gasteiger partial charge < -0.3 is 61.0 Å². The number of anilines is 1. The minimum absolute atomic E-state index is 0.0129. The molecule has 5 aliphatic rings. The van der Waals surface area contributed by atoms with E-state index in [1.165, 1.54) is 41.9 Å². The molecule has 0 radical (unpaired) electrons. The topological polar surface area (TPSA) is 250 Å². The second kappa shape index (κ2) is 30.7. The second-order valence-corrected chi connectivity index (χ2v) is 21.4. The normalized spacial score (nSPS) is 17.6. The van der Waals surface area contributed by atoms with Gasteiger partial charge in [0.05, 0.1) is 56.5 Å². The Morgan fingerprint density at radius 2 is 1.48 bits per heavy atom. The molecule has 5 aliphatic heterocycles. The van der Waals surface area contributed by atoms with Gasteiger partial charge in [0.1, 0.15) is 29.6 Å². The van der Waals surface area contributed by atoms with Gasteiger partial charge in [0.25, 0.3) is 0 Å². The molecule has 3 aromatic heterocycles. The number of nitrogens with zero attached hydrogens (tertiary/aromatic N) is 8. The van der Waals surface area contributed by atoms with Gasteiger partial charge in [0.2, 0.25) is 5.91 Å². The van der Waals surface area contributed by atoms with Crippen LogP contribution in [-0.2, 0) is 24.1 Å². The van der Waals surface area contributed by atoms with Crippen molar-refractivity contribution in [2.24, 2.45) is 16.5 Å². The van der Waals surface area contributed by atoms with Crippen molar-refractivity contribution in [3.05, 3.63) is 216 Å². The number of halogens is 2. The van der Waals surface area contributed by atoms with Crippen LogP contribution < -0.4 is 36.5 Å². The van der Waals surface area contributed by atoms with Crippen molar-refractivity contribution in [3.63, 3.8) is 0 Å². The summed E-state index contributed by atoms with van der Waals surface area (Å²) >= 11 is 0. The van der Waals surface area contributed by atoms with Crippen molar-refractivity contribution in [2.75, 3.05) is 64.1 Å². The predicted octanol–water partition coefficient (Wildman–Crippen LogP) is 8.00. The Labute approximate surface area is 495 Å². The summed E-state index contributed by atoms with van der Waals surface area (Å²) in [5.74, 6) is 2.22. The van der Waals surface area contributed by atoms with E-state index >= 15 is 0 Å². The van der Waals surface area contributed by atoms with E-state index in [-0.39, 0.29) is 42.2 Å². The first-order valence-electron chi connectivity index (χ1n) is 29.2. The maximum Gasteiger partial charge on any atom is 0.247 e. The third-order valence-corrected chi connectivity index (χ3v) is 15.8. The first kappa shape index (κ1) is 60.8. The van der Waals surface area contributed by atoms with Gasteiger partial charge >= 0.3 is 0 Å². The minimum Gasteiger partial charge on any atom is -0.485 e. The van der Waals surface area contributed by atoms with Crippen LogP contribution >= 0.6 is 0 Å². The molecule has 1 amide bonds. The number of nitrogens with two attached hydrogens (primary N) is 2. The highest BCUT2D eigenvalue weighted by atomic mass is 19.1. The molecule has 3 unspecified atom stereocenters. The van der Waals surface area contributed by atoms with E-state index in [0.717, 1.165) is 129 Å². The molecule has 2 fully saturated rings. The fourth-order valence-corrected chi connectivity index (χ4v) is 11.2. The number of aromatic amines is 2. The molecule has 85 heavy (non-hydrogen) atoms. The summed E-state index contributed by atoms with van der Waals surface area (Å²) < 4.78 is 40.7. The first-order valence-corrected chi connectivity index (χ1v) is 29.2. The molecule has 0 saturated carbocycles. The lowest BCUT2D eigenvalue weighted by molar-refractivity contribution is -0.125. The number of H-pyrrole nitrogens is 2. The number of carbonyl (C=O) groups excluding carboxylic acids is 1. The number of rotatable bonds is 14. The molecule has 5 aromatic carbocycles. The third-order valence-electron chi connectivity index (χ3n) is 15.8. The quantitative estimate of drug-likeness (QED) is 0.0546. The third kappa shape index (κ3) is 16.5. The summed E-state index contributed by atoms with van der Waals surface area (Å²) in [6.45, 7) is 6.18. The minimum atomic E-state index is -0.470. The fraction of sp³-hybridized carbons (Fsp3) is 0.354. The number of nitrogens with one attached hydrogen (secondary N) is 4. The molecular weight excluding hydrogens is 1080 g/mol. The standard InChI is InChI=1S/C29H31F2N3O.C14H13N3.C11H12N2O2.C6H11N3O.C5H9N3/c30-24-12-8-22(9-13-24)27(23-10-14-25(31)15-11-23)7-4-18-33-19-16-29(17-20-33)28(35)32-21-34(29)26-5-2-1-3-6-26;15-8-11-4-6-12(7-5-11)14-3-1-2-13-9-16-10-17(13)14;1-2-4-9-8(3-1)14-7-10(15-9)11-12-5-6-13-11;7-5(3-10)1-6-2-8-4-9-6;6-2-1-5-3-7-4-8-5/h1-3,5-6,8-15,27H,4,7,16-21H2,(H,32,35);4-7,9-10,14H,1-3H2;1-4,10H,5-7H2,(H,12,13);2,4-5,10H,1,3,7H2,(H,8,9);3-4H,1-2,6H2,(H,7,8). The SMILES string of the molecule is N#Cc1ccc(C2CCCc3cncn32)cc1.NC(CO)Cc1cnc[nH]1.NCCc1cnc[nH]1.O=C1NCN(c2ccccc2)C12CCN(CCCC(c1ccc(F)cc1)c1ccc(F)cc1)CC2.c1ccc2c(c1)OCC(C1=NCCN1)O2. The lowest BCUT2D eigenvalue weighted by atomic mass is 9.85. The Kier molecular flexibility index (Phi) is 22.0. The number of aliphatic imine (C=N–C) groups is 1. The number of aliphatic hydroxyl groups is 1. The first-order chi connectivity index (χ1) is 41.6. The lowest BCUT2D eigenvalue weighted by Gasteiger charge is -2.43. The van der Waals surface area contributed by atoms with Crippen molar-refractivity contribution in [1.29, 1.82) is 5.26 Å². The Hall–Kier alpha value is -8.74. The van der Waals surface area contributed by atoms with Crippen molar-refractivity contribution < 1.29 is 28.2 Å². The molecule has 0 aliphatic carbocycles. The van der Waals surface area contributed by atoms with E-state index in [1.807, 2.05) is 91.4 Å². The number of imidazole rings is 3. The number of ether oxygens (including phenoxy) is 2. The number of nitriles is 1. The van der Waals surface area contributed by atoms with Crippen molar-refractivity contribution >= 4 is 17.4 Å². The molecule has 13 rings (SSSR count). The summed E-state index contributed by atoms with van der Waals surface area (Å²) in [4.78, 5) is 39.6. The molecule has 444 valence electrons. The zero-order valence-corrected chi connectivity index (χ0v) is 47.8. The van der Waals surface area contributed by atoms with E-state index in [4.69, 9.17) is 31.3 Å². The van der Waals surface area contributed by atoms with Gasteiger partial charge in [-0.15, -0.1) is 0 Å². The van der Waals surface area contributed by atoms with Crippen LogP contribution in [0.3, 0.4) is 0 Å². The Balaban J connectivity index is 0.000000143. The highest BCUT2D eigenvalue weighted by molar-refractivity contribution is 5.93. The molecule has 8 heterocycles. The van der Waals surface area contributed by atoms with Gasteiger partial charge in [-0.25, -0.2) is 23.7 Å². The number of aryl methyl sites for hydroxylation is 1. The summed E-state index contributed by atoms with van der Waals surface area (Å²) in [5.41, 5.74) is 18.8. The van der Waals surface area contributed by atoms with Gasteiger partial charge in [0, 0.05) is 85.8 Å². The van der Waals surface area contributed by atoms with Gasteiger partial charge in [-0.05, 0) is 135 Å². The van der Waals surface area contributed by atoms with Crippen LogP contribution in [0.25, 0.3) is 0 Å². The lowest BCUT2D eigenvalue weighted by Crippen LogP contribution is -2.56. The number of piperidine rings is 1. The molecular formula is C65H76F2N14O4. The van der Waals surface area contributed by atoms with E-state index < -0.39 is 5.54 Å². The van der Waals surface area contributed by atoms with E-state index in [9.17, 15) is 13.6 Å². The zero-order chi connectivity index (χ0) is 59.2. The van der Waals surface area contributed by atoms with Gasteiger partial charge in [0.15, 0.2) is 17.6 Å². The highest BCUT2D eigenvalue weighted by Gasteiger charge is 2.50. The van der Waals surface area contributed by atoms with Crippen LogP contribution in [0.5, 0.6) is 11.5 Å². The molecule has 1 spiro atoms. The molecule has 8 aromatic rings. The summed E-state index contributed by atoms with van der Waals surface area (Å²) in [6, 6.07) is 41.4. The number of amides is 1. The average Bonchev–Trinajstić information content (AvgIpc) is 2.51. The Bertz CT molecular complexity index is 3290. The number of fused-ring (bicyclic) bond motifs is 2. The number of para-hydroxylation sites is 3. The van der Waals surface area contributed by atoms with E-state index in [1.54, 1.807) is 25.0 Å². The summed E-state index contributed by atoms with van der Waals surface area (Å²) in [6.07, 6.45) is 19.0. The molecule has 20 heteroatoms. The van der Waals surface area contributed by atoms with E-state index in [0.29, 0.717) is 32.3 Å². The maximum absolute atomic E-state index is 13.5. The molecule has 18 nitrogen and oxygen atoms in total. The number of hydrogen-bond acceptors (Lipinski definition) is 14. The smallest absolute Gasteiger partial charge is 0.247 e. The molecule has 3 atom stereocenters. The number of likely N-dealkylation sites (tertiary alicyclic amines) is 1. The summed E-state index contributed by atoms with van der Waals surface area (Å²) in [7, 11) is 0. The Morgan fingerprint density at radius 1 is 0.812 bits per heavy atom. The molecule has 9 N–H and O–H groups in total. The number of hydrogen-bond donors (Lipinski definition) is 7. The second-order valence-electron chi connectivity index (χ2n) is 21.4. The number of amidine groups is 1. The van der Waals surface area contributed by atoms with Crippen molar-refractivity contribution in [1.82, 2.24) is 45.0 Å². The van der Waals surface area contributed by atoms with Crippen molar-refractivity contribution in [3.8, 4) is 17.6 Å².